The van der Waals surface area contributed by atoms with Gasteiger partial charge in [0.05, 0.1) is 5.92 Å². The minimum atomic E-state index is -0.217. The van der Waals surface area contributed by atoms with Crippen molar-refractivity contribution in [2.75, 3.05) is 13.2 Å². The van der Waals surface area contributed by atoms with Crippen molar-refractivity contribution in [3.63, 3.8) is 0 Å². The second-order valence-corrected chi connectivity index (χ2v) is 6.98. The second-order valence-electron chi connectivity index (χ2n) is 6.98. The van der Waals surface area contributed by atoms with Crippen LogP contribution < -0.4 is 4.74 Å². The van der Waals surface area contributed by atoms with Crippen molar-refractivity contribution in [2.24, 2.45) is 5.92 Å². The van der Waals surface area contributed by atoms with Crippen LogP contribution in [0.3, 0.4) is 0 Å². The molecule has 4 rings (SSSR count). The summed E-state index contributed by atoms with van der Waals surface area (Å²) in [6.45, 7) is 1.23. The highest BCUT2D eigenvalue weighted by molar-refractivity contribution is 5.80. The van der Waals surface area contributed by atoms with E-state index in [-0.39, 0.29) is 23.7 Å². The maximum Gasteiger partial charge on any atom is 0.229 e. The summed E-state index contributed by atoms with van der Waals surface area (Å²) in [5, 5.41) is 0. The first-order valence-electron chi connectivity index (χ1n) is 8.96. The van der Waals surface area contributed by atoms with Crippen LogP contribution in [0.1, 0.15) is 24.0 Å². The first kappa shape index (κ1) is 16.1. The Balaban J connectivity index is 1.46. The number of amides is 1. The summed E-state index contributed by atoms with van der Waals surface area (Å²) in [6, 6.07) is 14.8. The van der Waals surface area contributed by atoms with Crippen molar-refractivity contribution >= 4 is 5.91 Å². The molecule has 2 aliphatic heterocycles. The van der Waals surface area contributed by atoms with Crippen LogP contribution in [0.4, 0.5) is 4.39 Å². The Labute approximate surface area is 147 Å². The number of likely N-dealkylation sites (tertiary alicyclic amines) is 1. The third kappa shape index (κ3) is 3.39. The molecule has 25 heavy (non-hydrogen) atoms. The van der Waals surface area contributed by atoms with E-state index < -0.39 is 0 Å². The molecule has 130 valence electrons. The average Bonchev–Trinajstić information content (AvgIpc) is 3.09. The van der Waals surface area contributed by atoms with Gasteiger partial charge in [-0.15, -0.1) is 0 Å². The number of fused-ring (bicyclic) bond motifs is 1. The fourth-order valence-corrected chi connectivity index (χ4v) is 4.00. The number of ether oxygens (including phenoxy) is 1. The van der Waals surface area contributed by atoms with E-state index in [0.717, 1.165) is 42.7 Å². The van der Waals surface area contributed by atoms with E-state index in [0.29, 0.717) is 13.0 Å². The SMILES string of the molecule is O=C(C1COc2ccccc2C1)N1CCCC1Cc1cccc(F)c1. The number of carbonyl (C=O) groups is 1. The van der Waals surface area contributed by atoms with Crippen LogP contribution in [0.5, 0.6) is 5.75 Å². The number of rotatable bonds is 3. The summed E-state index contributed by atoms with van der Waals surface area (Å²) in [4.78, 5) is 15.0. The van der Waals surface area contributed by atoms with Gasteiger partial charge in [0.15, 0.2) is 0 Å². The lowest BCUT2D eigenvalue weighted by Crippen LogP contribution is -2.44. The molecule has 0 radical (unpaired) electrons. The monoisotopic (exact) mass is 339 g/mol. The summed E-state index contributed by atoms with van der Waals surface area (Å²) in [6.07, 6.45) is 3.44. The maximum atomic E-state index is 13.4. The molecule has 1 amide bonds. The molecule has 1 fully saturated rings. The first-order chi connectivity index (χ1) is 12.2. The van der Waals surface area contributed by atoms with Crippen LogP contribution in [0, 0.1) is 11.7 Å². The van der Waals surface area contributed by atoms with Gasteiger partial charge in [0, 0.05) is 12.6 Å². The van der Waals surface area contributed by atoms with Crippen molar-refractivity contribution in [1.82, 2.24) is 4.90 Å². The Morgan fingerprint density at radius 2 is 2.08 bits per heavy atom. The van der Waals surface area contributed by atoms with Gasteiger partial charge >= 0.3 is 0 Å². The van der Waals surface area contributed by atoms with Crippen molar-refractivity contribution in [2.45, 2.75) is 31.7 Å². The lowest BCUT2D eigenvalue weighted by molar-refractivity contribution is -0.137. The number of halogens is 1. The molecule has 2 aromatic carbocycles. The molecule has 1 saturated heterocycles. The lowest BCUT2D eigenvalue weighted by atomic mass is 9.94. The van der Waals surface area contributed by atoms with E-state index in [1.165, 1.54) is 6.07 Å². The van der Waals surface area contributed by atoms with Gasteiger partial charge in [0.25, 0.3) is 0 Å². The highest BCUT2D eigenvalue weighted by Gasteiger charge is 2.35. The molecule has 2 heterocycles. The summed E-state index contributed by atoms with van der Waals surface area (Å²) >= 11 is 0. The summed E-state index contributed by atoms with van der Waals surface area (Å²) in [5.74, 6) is 0.728. The summed E-state index contributed by atoms with van der Waals surface area (Å²) < 4.78 is 19.2. The zero-order valence-electron chi connectivity index (χ0n) is 14.2. The van der Waals surface area contributed by atoms with Gasteiger partial charge < -0.3 is 9.64 Å². The lowest BCUT2D eigenvalue weighted by Gasteiger charge is -2.31. The number of nitrogens with zero attached hydrogens (tertiary/aromatic N) is 1. The maximum absolute atomic E-state index is 13.4. The topological polar surface area (TPSA) is 29.5 Å². The van der Waals surface area contributed by atoms with Crippen LogP contribution >= 0.6 is 0 Å². The molecule has 0 N–H and O–H groups in total. The molecule has 2 unspecified atom stereocenters. The van der Waals surface area contributed by atoms with Gasteiger partial charge in [0.2, 0.25) is 5.91 Å². The zero-order valence-corrected chi connectivity index (χ0v) is 14.2. The van der Waals surface area contributed by atoms with E-state index >= 15 is 0 Å². The van der Waals surface area contributed by atoms with Crippen LogP contribution in [0.2, 0.25) is 0 Å². The Bertz CT molecular complexity index is 776. The summed E-state index contributed by atoms with van der Waals surface area (Å²) in [7, 11) is 0. The first-order valence-corrected chi connectivity index (χ1v) is 8.96. The van der Waals surface area contributed by atoms with Gasteiger partial charge in [-0.3, -0.25) is 4.79 Å². The second kappa shape index (κ2) is 6.87. The molecule has 3 nitrogen and oxygen atoms in total. The smallest absolute Gasteiger partial charge is 0.229 e. The Morgan fingerprint density at radius 3 is 2.96 bits per heavy atom. The van der Waals surface area contributed by atoms with E-state index in [2.05, 4.69) is 0 Å². The Morgan fingerprint density at radius 1 is 1.20 bits per heavy atom. The molecule has 0 aliphatic carbocycles. The largest absolute Gasteiger partial charge is 0.492 e. The van der Waals surface area contributed by atoms with Gasteiger partial charge in [-0.05, 0) is 55.0 Å². The summed E-state index contributed by atoms with van der Waals surface area (Å²) in [5.41, 5.74) is 2.06. The third-order valence-corrected chi connectivity index (χ3v) is 5.25. The number of hydrogen-bond acceptors (Lipinski definition) is 2. The average molecular weight is 339 g/mol. The third-order valence-electron chi connectivity index (χ3n) is 5.25. The van der Waals surface area contributed by atoms with Crippen molar-refractivity contribution in [3.05, 3.63) is 65.5 Å². The molecular formula is C21H22FNO2. The standard InChI is InChI=1S/C21H22FNO2/c22-18-7-3-5-15(11-18)12-19-8-4-10-23(19)21(24)17-13-16-6-1-2-9-20(16)25-14-17/h1-3,5-7,9,11,17,19H,4,8,10,12-14H2. The molecule has 0 spiro atoms. The molecule has 2 aromatic rings. The van der Waals surface area contributed by atoms with E-state index in [1.54, 1.807) is 12.1 Å². The van der Waals surface area contributed by atoms with Crippen molar-refractivity contribution < 1.29 is 13.9 Å². The van der Waals surface area contributed by atoms with Gasteiger partial charge in [-0.25, -0.2) is 4.39 Å². The van der Waals surface area contributed by atoms with Gasteiger partial charge in [0.1, 0.15) is 18.2 Å². The molecule has 0 aromatic heterocycles. The molecule has 4 heteroatoms. The Kier molecular flexibility index (Phi) is 4.43. The molecule has 2 aliphatic rings. The normalized spacial score (nSPS) is 22.4. The van der Waals surface area contributed by atoms with Crippen LogP contribution in [0.15, 0.2) is 48.5 Å². The number of benzene rings is 2. The molecule has 2 atom stereocenters. The molecular weight excluding hydrogens is 317 g/mol. The van der Waals surface area contributed by atoms with E-state index in [4.69, 9.17) is 4.74 Å². The quantitative estimate of drug-likeness (QED) is 0.855. The minimum Gasteiger partial charge on any atom is -0.492 e. The molecule has 0 saturated carbocycles. The number of carbonyl (C=O) groups excluding carboxylic acids is 1. The minimum absolute atomic E-state index is 0.122. The fraction of sp³-hybridized carbons (Fsp3) is 0.381. The van der Waals surface area contributed by atoms with Crippen LogP contribution in [0.25, 0.3) is 0 Å². The predicted molar refractivity (Wildman–Crippen MR) is 94.0 cm³/mol. The van der Waals surface area contributed by atoms with Crippen LogP contribution in [-0.4, -0.2) is 30.0 Å². The van der Waals surface area contributed by atoms with E-state index in [9.17, 15) is 9.18 Å². The highest BCUT2D eigenvalue weighted by atomic mass is 19.1. The number of para-hydroxylation sites is 1. The zero-order chi connectivity index (χ0) is 17.2. The fourth-order valence-electron chi connectivity index (χ4n) is 4.00. The highest BCUT2D eigenvalue weighted by Crippen LogP contribution is 2.30. The van der Waals surface area contributed by atoms with Gasteiger partial charge in [-0.1, -0.05) is 30.3 Å². The molecule has 0 bridgehead atoms. The van der Waals surface area contributed by atoms with E-state index in [1.807, 2.05) is 35.2 Å². The van der Waals surface area contributed by atoms with Gasteiger partial charge in [-0.2, -0.15) is 0 Å². The van der Waals surface area contributed by atoms with Crippen molar-refractivity contribution in [1.29, 1.82) is 0 Å². The van der Waals surface area contributed by atoms with Crippen molar-refractivity contribution in [3.8, 4) is 5.75 Å². The Hall–Kier alpha value is -2.36. The predicted octanol–water partition coefficient (Wildman–Crippen LogP) is 3.61. The van der Waals surface area contributed by atoms with Crippen LogP contribution in [-0.2, 0) is 17.6 Å². The number of hydrogen-bond donors (Lipinski definition) is 0.